The average molecular weight is 415 g/mol. The Bertz CT molecular complexity index is 817. The first-order chi connectivity index (χ1) is 14.1. The highest BCUT2D eigenvalue weighted by Gasteiger charge is 2.28. The van der Waals surface area contributed by atoms with Crippen molar-refractivity contribution < 1.29 is 19.4 Å². The molecule has 6 nitrogen and oxygen atoms in total. The van der Waals surface area contributed by atoms with Crippen molar-refractivity contribution in [1.29, 1.82) is 0 Å². The summed E-state index contributed by atoms with van der Waals surface area (Å²) in [5.41, 5.74) is 0.767. The van der Waals surface area contributed by atoms with Crippen LogP contribution in [-0.4, -0.2) is 46.7 Å². The number of hydrogen-bond donors (Lipinski definition) is 1. The molecule has 0 saturated heterocycles. The third-order valence-electron chi connectivity index (χ3n) is 4.62. The van der Waals surface area contributed by atoms with Crippen molar-refractivity contribution in [2.75, 3.05) is 19.7 Å². The average Bonchev–Trinajstić information content (AvgIpc) is 3.48. The molecular formula is C22H26N2O4S. The lowest BCUT2D eigenvalue weighted by Crippen LogP contribution is -2.31. The molecule has 0 bridgehead atoms. The molecule has 0 unspecified atom stereocenters. The molecule has 1 aromatic carbocycles. The molecule has 0 radical (unpaired) electrons. The van der Waals surface area contributed by atoms with Gasteiger partial charge in [-0.3, -0.25) is 9.69 Å². The standard InChI is InChI=1S/C22H26N2O4S/c1-3-19-20(4-2)29-22(23-19)28-18-11-9-17(10-12-18)27-15-14-24(16-7-8-16)13-5-6-21(25)26/h3-4,9-12,16H,1-2,5-8,13-15H2,(H,25,26). The molecule has 2 aromatic rings. The number of carboxylic acids is 1. The van der Waals surface area contributed by atoms with Gasteiger partial charge in [-0.2, -0.15) is 0 Å². The molecule has 7 heteroatoms. The summed E-state index contributed by atoms with van der Waals surface area (Å²) in [5.74, 6) is 0.723. The van der Waals surface area contributed by atoms with Crippen LogP contribution < -0.4 is 9.47 Å². The van der Waals surface area contributed by atoms with Gasteiger partial charge in [-0.05, 0) is 62.2 Å². The predicted molar refractivity (Wildman–Crippen MR) is 116 cm³/mol. The first-order valence-corrected chi connectivity index (χ1v) is 10.5. The van der Waals surface area contributed by atoms with Crippen LogP contribution in [0.3, 0.4) is 0 Å². The lowest BCUT2D eigenvalue weighted by molar-refractivity contribution is -0.137. The SMILES string of the molecule is C=Cc1nc(Oc2ccc(OCCN(CCCC(=O)O)C3CC3)cc2)sc1C=C. The summed E-state index contributed by atoms with van der Waals surface area (Å²) >= 11 is 1.42. The van der Waals surface area contributed by atoms with Crippen molar-refractivity contribution in [3.8, 4) is 16.7 Å². The molecule has 1 aliphatic carbocycles. The molecule has 1 N–H and O–H groups in total. The smallest absolute Gasteiger partial charge is 0.303 e. The molecule has 1 aromatic heterocycles. The maximum atomic E-state index is 10.7. The Balaban J connectivity index is 1.46. The third kappa shape index (κ3) is 6.44. The first kappa shape index (κ1) is 21.1. The lowest BCUT2D eigenvalue weighted by atomic mass is 10.3. The van der Waals surface area contributed by atoms with Gasteiger partial charge in [-0.25, -0.2) is 4.98 Å². The van der Waals surface area contributed by atoms with E-state index < -0.39 is 5.97 Å². The van der Waals surface area contributed by atoms with Crippen molar-refractivity contribution in [1.82, 2.24) is 9.88 Å². The van der Waals surface area contributed by atoms with E-state index in [2.05, 4.69) is 23.0 Å². The van der Waals surface area contributed by atoms with E-state index in [1.165, 1.54) is 24.2 Å². The number of aliphatic carboxylic acids is 1. The number of thiazole rings is 1. The van der Waals surface area contributed by atoms with E-state index in [1.807, 2.05) is 24.3 Å². The Hall–Kier alpha value is -2.64. The van der Waals surface area contributed by atoms with Crippen LogP contribution in [0.4, 0.5) is 0 Å². The number of aromatic nitrogens is 1. The Morgan fingerprint density at radius 2 is 1.93 bits per heavy atom. The normalized spacial score (nSPS) is 13.3. The minimum Gasteiger partial charge on any atom is -0.492 e. The van der Waals surface area contributed by atoms with Crippen LogP contribution >= 0.6 is 11.3 Å². The van der Waals surface area contributed by atoms with Crippen LogP contribution in [-0.2, 0) is 4.79 Å². The number of carboxylic acid groups (broad SMARTS) is 1. The summed E-state index contributed by atoms with van der Waals surface area (Å²) in [6.07, 6.45) is 6.70. The van der Waals surface area contributed by atoms with Gasteiger partial charge < -0.3 is 14.6 Å². The largest absolute Gasteiger partial charge is 0.492 e. The summed E-state index contributed by atoms with van der Waals surface area (Å²) in [6, 6.07) is 8.03. The molecule has 1 saturated carbocycles. The van der Waals surface area contributed by atoms with E-state index in [0.717, 1.165) is 29.4 Å². The van der Waals surface area contributed by atoms with Gasteiger partial charge in [0.05, 0.1) is 10.6 Å². The number of hydrogen-bond acceptors (Lipinski definition) is 6. The monoisotopic (exact) mass is 414 g/mol. The van der Waals surface area contributed by atoms with E-state index in [4.69, 9.17) is 14.6 Å². The Morgan fingerprint density at radius 1 is 1.21 bits per heavy atom. The summed E-state index contributed by atoms with van der Waals surface area (Å²) in [6.45, 7) is 9.70. The van der Waals surface area contributed by atoms with Crippen LogP contribution in [0.25, 0.3) is 12.2 Å². The molecule has 0 spiro atoms. The zero-order valence-corrected chi connectivity index (χ0v) is 17.2. The first-order valence-electron chi connectivity index (χ1n) is 9.71. The zero-order valence-electron chi connectivity index (χ0n) is 16.4. The second-order valence-corrected chi connectivity index (χ2v) is 7.82. The van der Waals surface area contributed by atoms with E-state index >= 15 is 0 Å². The second-order valence-electron chi connectivity index (χ2n) is 6.82. The fraction of sp³-hybridized carbons (Fsp3) is 0.364. The fourth-order valence-corrected chi connectivity index (χ4v) is 3.78. The van der Waals surface area contributed by atoms with Gasteiger partial charge in [0.1, 0.15) is 18.1 Å². The van der Waals surface area contributed by atoms with Gasteiger partial charge in [-0.15, -0.1) is 0 Å². The van der Waals surface area contributed by atoms with Gasteiger partial charge >= 0.3 is 5.97 Å². The highest BCUT2D eigenvalue weighted by Crippen LogP contribution is 2.31. The van der Waals surface area contributed by atoms with Crippen molar-refractivity contribution in [2.24, 2.45) is 0 Å². The number of nitrogens with zero attached hydrogens (tertiary/aromatic N) is 2. The Labute approximate surface area is 175 Å². The summed E-state index contributed by atoms with van der Waals surface area (Å²) in [7, 11) is 0. The third-order valence-corrected chi connectivity index (χ3v) is 5.56. The van der Waals surface area contributed by atoms with E-state index in [1.54, 1.807) is 12.2 Å². The summed E-state index contributed by atoms with van der Waals surface area (Å²) in [4.78, 5) is 18.3. The van der Waals surface area contributed by atoms with Gasteiger partial charge in [0.15, 0.2) is 0 Å². The van der Waals surface area contributed by atoms with Crippen LogP contribution in [0.1, 0.15) is 36.3 Å². The molecular weight excluding hydrogens is 388 g/mol. The quantitative estimate of drug-likeness (QED) is 0.501. The minimum absolute atomic E-state index is 0.215. The Kier molecular flexibility index (Phi) is 7.43. The van der Waals surface area contributed by atoms with Gasteiger partial charge in [0, 0.05) is 19.0 Å². The maximum Gasteiger partial charge on any atom is 0.303 e. The highest BCUT2D eigenvalue weighted by molar-refractivity contribution is 7.14. The van der Waals surface area contributed by atoms with Crippen molar-refractivity contribution in [3.63, 3.8) is 0 Å². The van der Waals surface area contributed by atoms with Gasteiger partial charge in [-0.1, -0.05) is 24.5 Å². The van der Waals surface area contributed by atoms with Crippen molar-refractivity contribution >= 4 is 29.5 Å². The maximum absolute atomic E-state index is 10.7. The molecule has 0 aliphatic heterocycles. The van der Waals surface area contributed by atoms with Crippen LogP contribution in [0.5, 0.6) is 16.7 Å². The molecule has 1 heterocycles. The fourth-order valence-electron chi connectivity index (χ4n) is 2.99. The van der Waals surface area contributed by atoms with Crippen molar-refractivity contribution in [3.05, 3.63) is 48.0 Å². The number of rotatable bonds is 13. The summed E-state index contributed by atoms with van der Waals surface area (Å²) < 4.78 is 11.7. The predicted octanol–water partition coefficient (Wildman–Crippen LogP) is 4.93. The molecule has 154 valence electrons. The highest BCUT2D eigenvalue weighted by atomic mass is 32.1. The topological polar surface area (TPSA) is 71.9 Å². The molecule has 1 aliphatic rings. The van der Waals surface area contributed by atoms with Gasteiger partial charge in [0.25, 0.3) is 5.19 Å². The van der Waals surface area contributed by atoms with Crippen LogP contribution in [0, 0.1) is 0 Å². The van der Waals surface area contributed by atoms with Crippen molar-refractivity contribution in [2.45, 2.75) is 31.7 Å². The van der Waals surface area contributed by atoms with Crippen LogP contribution in [0.2, 0.25) is 0 Å². The van der Waals surface area contributed by atoms with E-state index in [-0.39, 0.29) is 6.42 Å². The molecule has 1 fully saturated rings. The van der Waals surface area contributed by atoms with Crippen LogP contribution in [0.15, 0.2) is 37.4 Å². The number of ether oxygens (including phenoxy) is 2. The van der Waals surface area contributed by atoms with Gasteiger partial charge in [0.2, 0.25) is 0 Å². The Morgan fingerprint density at radius 3 is 2.52 bits per heavy atom. The molecule has 29 heavy (non-hydrogen) atoms. The molecule has 0 amide bonds. The van der Waals surface area contributed by atoms with E-state index in [0.29, 0.717) is 30.0 Å². The molecule has 0 atom stereocenters. The number of carbonyl (C=O) groups is 1. The second kappa shape index (κ2) is 10.2. The lowest BCUT2D eigenvalue weighted by Gasteiger charge is -2.21. The zero-order chi connectivity index (χ0) is 20.6. The number of benzene rings is 1. The molecule has 3 rings (SSSR count). The summed E-state index contributed by atoms with van der Waals surface area (Å²) in [5, 5.41) is 9.34. The van der Waals surface area contributed by atoms with E-state index in [9.17, 15) is 4.79 Å². The minimum atomic E-state index is -0.738.